The topological polar surface area (TPSA) is 64.3 Å². The lowest BCUT2D eigenvalue weighted by Crippen LogP contribution is -2.35. The molecule has 0 spiro atoms. The van der Waals surface area contributed by atoms with E-state index in [-0.39, 0.29) is 24.8 Å². The van der Waals surface area contributed by atoms with E-state index in [1.165, 1.54) is 24.1 Å². The second-order valence-electron chi connectivity index (χ2n) is 7.79. The van der Waals surface area contributed by atoms with Gasteiger partial charge in [-0.25, -0.2) is 9.97 Å². The van der Waals surface area contributed by atoms with Crippen molar-refractivity contribution in [1.82, 2.24) is 9.97 Å². The number of halogens is 2. The number of likely N-dealkylation sites (N-methyl/N-ethyl adjacent to an activating group) is 1. The number of benzene rings is 1. The molecule has 0 saturated heterocycles. The van der Waals surface area contributed by atoms with Crippen molar-refractivity contribution in [2.45, 2.75) is 50.5 Å². The minimum Gasteiger partial charge on any atom is -0.492 e. The molecule has 1 aromatic carbocycles. The SMILES string of the molecule is Cc1ccc(OCCN(C)c2cc(C3CC(N)C3)nc(C3CC3)n2)cc1.Cl.Cl. The summed E-state index contributed by atoms with van der Waals surface area (Å²) in [5.41, 5.74) is 8.39. The predicted octanol–water partition coefficient (Wildman–Crippen LogP) is 4.23. The third kappa shape index (κ3) is 5.49. The van der Waals surface area contributed by atoms with Crippen LogP contribution < -0.4 is 15.4 Å². The molecule has 1 aromatic heterocycles. The van der Waals surface area contributed by atoms with Gasteiger partial charge in [0.1, 0.15) is 24.0 Å². The van der Waals surface area contributed by atoms with E-state index in [1.807, 2.05) is 12.1 Å². The molecule has 28 heavy (non-hydrogen) atoms. The molecule has 2 aliphatic carbocycles. The molecule has 1 heterocycles. The van der Waals surface area contributed by atoms with Gasteiger partial charge in [-0.3, -0.25) is 0 Å². The molecule has 2 fully saturated rings. The Bertz CT molecular complexity index is 762. The maximum atomic E-state index is 5.97. The summed E-state index contributed by atoms with van der Waals surface area (Å²) in [6.07, 6.45) is 4.52. The summed E-state index contributed by atoms with van der Waals surface area (Å²) >= 11 is 0. The fourth-order valence-electron chi connectivity index (χ4n) is 3.35. The number of hydrogen-bond donors (Lipinski definition) is 1. The van der Waals surface area contributed by atoms with Crippen molar-refractivity contribution < 1.29 is 4.74 Å². The summed E-state index contributed by atoms with van der Waals surface area (Å²) in [6, 6.07) is 10.7. The van der Waals surface area contributed by atoms with Gasteiger partial charge in [-0.2, -0.15) is 0 Å². The zero-order valence-corrected chi connectivity index (χ0v) is 18.1. The third-order valence-electron chi connectivity index (χ3n) is 5.39. The molecule has 0 aliphatic heterocycles. The number of aryl methyl sites for hydroxylation is 1. The standard InChI is InChI=1S/C21H28N4O.2ClH/c1-14-3-7-18(8-4-14)26-10-9-25(2)20-13-19(16-11-17(22)12-16)23-21(24-20)15-5-6-15;;/h3-4,7-8,13,15-17H,5-6,9-12,22H2,1-2H3;2*1H. The van der Waals surface area contributed by atoms with E-state index in [0.717, 1.165) is 36.8 Å². The van der Waals surface area contributed by atoms with Gasteiger partial charge >= 0.3 is 0 Å². The molecule has 154 valence electrons. The van der Waals surface area contributed by atoms with Crippen molar-refractivity contribution in [3.05, 3.63) is 47.4 Å². The molecule has 2 saturated carbocycles. The Morgan fingerprint density at radius 2 is 1.75 bits per heavy atom. The molecular formula is C21H30Cl2N4O. The highest BCUT2D eigenvalue weighted by molar-refractivity contribution is 5.85. The average molecular weight is 425 g/mol. The second kappa shape index (κ2) is 9.77. The minimum atomic E-state index is 0. The van der Waals surface area contributed by atoms with Crippen LogP contribution in [0.15, 0.2) is 30.3 Å². The minimum absolute atomic E-state index is 0. The molecule has 0 atom stereocenters. The molecule has 2 N–H and O–H groups in total. The predicted molar refractivity (Wildman–Crippen MR) is 118 cm³/mol. The lowest BCUT2D eigenvalue weighted by Gasteiger charge is -2.32. The van der Waals surface area contributed by atoms with Gasteiger partial charge in [-0.05, 0) is 44.7 Å². The summed E-state index contributed by atoms with van der Waals surface area (Å²) in [5.74, 6) is 3.99. The Morgan fingerprint density at radius 3 is 2.36 bits per heavy atom. The molecule has 0 bridgehead atoms. The molecule has 0 radical (unpaired) electrons. The average Bonchev–Trinajstić information content (AvgIpc) is 3.45. The summed E-state index contributed by atoms with van der Waals surface area (Å²) in [5, 5.41) is 0. The van der Waals surface area contributed by atoms with Gasteiger partial charge in [0.2, 0.25) is 0 Å². The first-order valence-corrected chi connectivity index (χ1v) is 9.63. The monoisotopic (exact) mass is 424 g/mol. The first-order valence-electron chi connectivity index (χ1n) is 9.63. The second-order valence-corrected chi connectivity index (χ2v) is 7.79. The Labute approximate surface area is 179 Å². The van der Waals surface area contributed by atoms with Gasteiger partial charge in [0.05, 0.1) is 6.54 Å². The van der Waals surface area contributed by atoms with Gasteiger partial charge in [0, 0.05) is 36.7 Å². The molecule has 5 nitrogen and oxygen atoms in total. The first kappa shape index (κ1) is 22.7. The van der Waals surface area contributed by atoms with Crippen LogP contribution in [0.25, 0.3) is 0 Å². The summed E-state index contributed by atoms with van der Waals surface area (Å²) in [4.78, 5) is 11.8. The van der Waals surface area contributed by atoms with Gasteiger partial charge in [-0.1, -0.05) is 17.7 Å². The summed E-state index contributed by atoms with van der Waals surface area (Å²) in [6.45, 7) is 3.50. The van der Waals surface area contributed by atoms with E-state index in [1.54, 1.807) is 0 Å². The van der Waals surface area contributed by atoms with Gasteiger partial charge in [0.15, 0.2) is 0 Å². The molecule has 4 rings (SSSR count). The van der Waals surface area contributed by atoms with Gasteiger partial charge < -0.3 is 15.4 Å². The Morgan fingerprint density at radius 1 is 1.07 bits per heavy atom. The van der Waals surface area contributed by atoms with Crippen LogP contribution in [-0.2, 0) is 0 Å². The Balaban J connectivity index is 0.00000140. The van der Waals surface area contributed by atoms with Crippen LogP contribution in [0.1, 0.15) is 54.6 Å². The normalized spacial score (nSPS) is 20.4. The fourth-order valence-corrected chi connectivity index (χ4v) is 3.35. The van der Waals surface area contributed by atoms with Crippen LogP contribution in [0.2, 0.25) is 0 Å². The molecule has 0 unspecified atom stereocenters. The third-order valence-corrected chi connectivity index (χ3v) is 5.39. The van der Waals surface area contributed by atoms with Crippen molar-refractivity contribution in [2.24, 2.45) is 5.73 Å². The largest absolute Gasteiger partial charge is 0.492 e. The number of anilines is 1. The van der Waals surface area contributed by atoms with E-state index >= 15 is 0 Å². The van der Waals surface area contributed by atoms with E-state index in [0.29, 0.717) is 24.5 Å². The van der Waals surface area contributed by atoms with Gasteiger partial charge in [-0.15, -0.1) is 24.8 Å². The molecule has 0 amide bonds. The van der Waals surface area contributed by atoms with E-state index in [9.17, 15) is 0 Å². The lowest BCUT2D eigenvalue weighted by atomic mass is 9.78. The zero-order chi connectivity index (χ0) is 18.1. The van der Waals surface area contributed by atoms with Crippen LogP contribution in [0, 0.1) is 6.92 Å². The lowest BCUT2D eigenvalue weighted by molar-refractivity contribution is 0.325. The number of ether oxygens (including phenoxy) is 1. The van der Waals surface area contributed by atoms with E-state index in [4.69, 9.17) is 20.4 Å². The van der Waals surface area contributed by atoms with Crippen LogP contribution in [0.3, 0.4) is 0 Å². The highest BCUT2D eigenvalue weighted by atomic mass is 35.5. The van der Waals surface area contributed by atoms with Crippen molar-refractivity contribution in [1.29, 1.82) is 0 Å². The zero-order valence-electron chi connectivity index (χ0n) is 16.5. The van der Waals surface area contributed by atoms with Crippen LogP contribution >= 0.6 is 24.8 Å². The Hall–Kier alpha value is -1.56. The molecule has 7 heteroatoms. The molecular weight excluding hydrogens is 395 g/mol. The number of nitrogens with zero attached hydrogens (tertiary/aromatic N) is 3. The molecule has 2 aliphatic rings. The fraction of sp³-hybridized carbons (Fsp3) is 0.524. The highest BCUT2D eigenvalue weighted by Gasteiger charge is 2.32. The maximum Gasteiger partial charge on any atom is 0.134 e. The van der Waals surface area contributed by atoms with Crippen molar-refractivity contribution in [3.8, 4) is 5.75 Å². The van der Waals surface area contributed by atoms with Crippen LogP contribution in [-0.4, -0.2) is 36.2 Å². The summed E-state index contributed by atoms with van der Waals surface area (Å²) < 4.78 is 5.87. The smallest absolute Gasteiger partial charge is 0.134 e. The first-order chi connectivity index (χ1) is 12.6. The highest BCUT2D eigenvalue weighted by Crippen LogP contribution is 2.41. The van der Waals surface area contributed by atoms with Crippen LogP contribution in [0.5, 0.6) is 5.75 Å². The number of hydrogen-bond acceptors (Lipinski definition) is 5. The van der Waals surface area contributed by atoms with Crippen molar-refractivity contribution >= 4 is 30.6 Å². The van der Waals surface area contributed by atoms with E-state index < -0.39 is 0 Å². The number of aromatic nitrogens is 2. The van der Waals surface area contributed by atoms with Crippen molar-refractivity contribution in [3.63, 3.8) is 0 Å². The number of nitrogens with two attached hydrogens (primary N) is 1. The van der Waals surface area contributed by atoms with Gasteiger partial charge in [0.25, 0.3) is 0 Å². The van der Waals surface area contributed by atoms with Crippen LogP contribution in [0.4, 0.5) is 5.82 Å². The quantitative estimate of drug-likeness (QED) is 0.720. The van der Waals surface area contributed by atoms with Crippen molar-refractivity contribution in [2.75, 3.05) is 25.1 Å². The van der Waals surface area contributed by atoms with E-state index in [2.05, 4.69) is 37.1 Å². The Kier molecular flexibility index (Phi) is 7.93. The molecule has 2 aromatic rings. The summed E-state index contributed by atoms with van der Waals surface area (Å²) in [7, 11) is 2.08. The maximum absolute atomic E-state index is 5.97. The number of rotatable bonds is 7.